The third-order valence-corrected chi connectivity index (χ3v) is 4.51. The van der Waals surface area contributed by atoms with E-state index in [1.807, 2.05) is 23.1 Å². The van der Waals surface area contributed by atoms with Gasteiger partial charge in [0.1, 0.15) is 11.5 Å². The van der Waals surface area contributed by atoms with Crippen LogP contribution in [0.3, 0.4) is 0 Å². The quantitative estimate of drug-likeness (QED) is 0.784. The third-order valence-electron chi connectivity index (χ3n) is 4.51. The van der Waals surface area contributed by atoms with E-state index in [1.165, 1.54) is 6.08 Å². The number of nitrogens with zero attached hydrogens (tertiary/aromatic N) is 1. The van der Waals surface area contributed by atoms with E-state index in [4.69, 9.17) is 9.47 Å². The number of methoxy groups -OCH3 is 2. The van der Waals surface area contributed by atoms with Gasteiger partial charge in [-0.25, -0.2) is 0 Å². The lowest BCUT2D eigenvalue weighted by Crippen LogP contribution is -2.37. The Bertz CT molecular complexity index is 558. The Kier molecular flexibility index (Phi) is 6.04. The summed E-state index contributed by atoms with van der Waals surface area (Å²) in [6, 6.07) is 5.72. The number of carbonyl (C=O) groups excluding carboxylic acids is 1. The number of rotatable bonds is 7. The van der Waals surface area contributed by atoms with Crippen molar-refractivity contribution in [2.45, 2.75) is 31.8 Å². The first-order chi connectivity index (χ1) is 11.1. The fraction of sp³-hybridized carbons (Fsp3) is 0.500. The number of hydrogen-bond acceptors (Lipinski definition) is 4. The molecule has 0 saturated heterocycles. The molecule has 1 N–H and O–H groups in total. The molecule has 2 unspecified atom stereocenters. The van der Waals surface area contributed by atoms with Gasteiger partial charge in [0, 0.05) is 30.8 Å². The zero-order valence-corrected chi connectivity index (χ0v) is 13.8. The summed E-state index contributed by atoms with van der Waals surface area (Å²) in [6.07, 6.45) is 4.03. The van der Waals surface area contributed by atoms with Crippen molar-refractivity contribution in [1.82, 2.24) is 4.90 Å². The summed E-state index contributed by atoms with van der Waals surface area (Å²) in [5.41, 5.74) is 0.927. The third kappa shape index (κ3) is 4.05. The molecule has 5 heteroatoms. The Morgan fingerprint density at radius 3 is 2.74 bits per heavy atom. The Morgan fingerprint density at radius 1 is 1.39 bits per heavy atom. The first-order valence-electron chi connectivity index (χ1n) is 7.87. The van der Waals surface area contributed by atoms with Crippen LogP contribution < -0.4 is 9.47 Å². The van der Waals surface area contributed by atoms with Gasteiger partial charge in [0.15, 0.2) is 0 Å². The molecule has 0 aromatic heterocycles. The minimum atomic E-state index is -0.0912. The molecule has 126 valence electrons. The number of aliphatic hydroxyl groups excluding tert-OH is 1. The largest absolute Gasteiger partial charge is 0.497 e. The molecule has 1 fully saturated rings. The van der Waals surface area contributed by atoms with Crippen molar-refractivity contribution in [1.29, 1.82) is 0 Å². The van der Waals surface area contributed by atoms with Crippen LogP contribution in [0.4, 0.5) is 0 Å². The molecule has 0 spiro atoms. The van der Waals surface area contributed by atoms with Crippen LogP contribution in [0.5, 0.6) is 11.5 Å². The first kappa shape index (κ1) is 17.3. The van der Waals surface area contributed by atoms with E-state index in [9.17, 15) is 9.90 Å². The maximum Gasteiger partial charge on any atom is 0.246 e. The van der Waals surface area contributed by atoms with Gasteiger partial charge >= 0.3 is 0 Å². The van der Waals surface area contributed by atoms with Gasteiger partial charge in [-0.05, 0) is 43.4 Å². The van der Waals surface area contributed by atoms with Gasteiger partial charge in [0.25, 0.3) is 0 Å². The Balaban J connectivity index is 2.21. The Morgan fingerprint density at radius 2 is 2.17 bits per heavy atom. The normalized spacial score (nSPS) is 20.1. The average molecular weight is 319 g/mol. The van der Waals surface area contributed by atoms with E-state index in [0.717, 1.165) is 24.8 Å². The number of benzene rings is 1. The van der Waals surface area contributed by atoms with E-state index in [0.29, 0.717) is 18.0 Å². The van der Waals surface area contributed by atoms with E-state index < -0.39 is 0 Å². The molecule has 1 amide bonds. The molecule has 1 aliphatic rings. The lowest BCUT2D eigenvalue weighted by molar-refractivity contribution is -0.128. The van der Waals surface area contributed by atoms with Crippen LogP contribution in [0.1, 0.15) is 24.8 Å². The molecule has 0 radical (unpaired) electrons. The van der Waals surface area contributed by atoms with Crippen molar-refractivity contribution in [2.75, 3.05) is 20.8 Å². The second kappa shape index (κ2) is 8.02. The minimum absolute atomic E-state index is 0.0912. The zero-order chi connectivity index (χ0) is 16.8. The van der Waals surface area contributed by atoms with Gasteiger partial charge in [0.2, 0.25) is 5.91 Å². The molecule has 2 rings (SSSR count). The maximum absolute atomic E-state index is 12.3. The SMILES string of the molecule is C=CC(=O)N(Cc1ccc(OC)cc1OC)C1CCC(CO)C1. The second-order valence-corrected chi connectivity index (χ2v) is 5.86. The van der Waals surface area contributed by atoms with Crippen molar-refractivity contribution in [3.05, 3.63) is 36.4 Å². The zero-order valence-electron chi connectivity index (χ0n) is 13.8. The summed E-state index contributed by atoms with van der Waals surface area (Å²) in [4.78, 5) is 14.1. The van der Waals surface area contributed by atoms with Crippen LogP contribution in [-0.2, 0) is 11.3 Å². The standard InChI is InChI=1S/C18H25NO4/c1-4-18(21)19(15-7-5-13(9-15)12-20)11-14-6-8-16(22-2)10-17(14)23-3/h4,6,8,10,13,15,20H,1,5,7,9,11-12H2,2-3H3. The topological polar surface area (TPSA) is 59.0 Å². The van der Waals surface area contributed by atoms with Crippen molar-refractivity contribution >= 4 is 5.91 Å². The molecule has 0 aliphatic heterocycles. The number of aliphatic hydroxyl groups is 1. The van der Waals surface area contributed by atoms with Gasteiger partial charge in [-0.1, -0.05) is 6.58 Å². The highest BCUT2D eigenvalue weighted by atomic mass is 16.5. The molecule has 1 aliphatic carbocycles. The molecule has 1 aromatic rings. The molecule has 1 aromatic carbocycles. The van der Waals surface area contributed by atoms with Crippen molar-refractivity contribution < 1.29 is 19.4 Å². The fourth-order valence-electron chi connectivity index (χ4n) is 3.17. The van der Waals surface area contributed by atoms with Crippen molar-refractivity contribution in [3.8, 4) is 11.5 Å². The highest BCUT2D eigenvalue weighted by molar-refractivity contribution is 5.87. The number of carbonyl (C=O) groups is 1. The van der Waals surface area contributed by atoms with Crippen LogP contribution in [0.2, 0.25) is 0 Å². The van der Waals surface area contributed by atoms with E-state index in [-0.39, 0.29) is 24.5 Å². The molecule has 1 saturated carbocycles. The van der Waals surface area contributed by atoms with E-state index in [2.05, 4.69) is 6.58 Å². The summed E-state index contributed by atoms with van der Waals surface area (Å²) >= 11 is 0. The smallest absolute Gasteiger partial charge is 0.246 e. The summed E-state index contributed by atoms with van der Waals surface area (Å²) in [5, 5.41) is 9.33. The molecule has 0 bridgehead atoms. The van der Waals surface area contributed by atoms with Gasteiger partial charge in [-0.2, -0.15) is 0 Å². The molecule has 23 heavy (non-hydrogen) atoms. The lowest BCUT2D eigenvalue weighted by Gasteiger charge is -2.29. The van der Waals surface area contributed by atoms with E-state index >= 15 is 0 Å². The van der Waals surface area contributed by atoms with Crippen molar-refractivity contribution in [2.24, 2.45) is 5.92 Å². The molecule has 0 heterocycles. The van der Waals surface area contributed by atoms with Gasteiger partial charge in [0.05, 0.1) is 14.2 Å². The minimum Gasteiger partial charge on any atom is -0.497 e. The summed E-state index contributed by atoms with van der Waals surface area (Å²) in [5.74, 6) is 1.60. The Hall–Kier alpha value is -2.01. The molecular formula is C18H25NO4. The highest BCUT2D eigenvalue weighted by Gasteiger charge is 2.31. The van der Waals surface area contributed by atoms with Gasteiger partial charge in [-0.3, -0.25) is 4.79 Å². The van der Waals surface area contributed by atoms with Crippen LogP contribution in [-0.4, -0.2) is 42.8 Å². The fourth-order valence-corrected chi connectivity index (χ4v) is 3.17. The van der Waals surface area contributed by atoms with E-state index in [1.54, 1.807) is 14.2 Å². The molecule has 2 atom stereocenters. The maximum atomic E-state index is 12.3. The predicted molar refractivity (Wildman–Crippen MR) is 88.5 cm³/mol. The molecule has 5 nitrogen and oxygen atoms in total. The Labute approximate surface area is 137 Å². The summed E-state index contributed by atoms with van der Waals surface area (Å²) < 4.78 is 10.6. The second-order valence-electron chi connectivity index (χ2n) is 5.86. The summed E-state index contributed by atoms with van der Waals surface area (Å²) in [6.45, 7) is 4.25. The van der Waals surface area contributed by atoms with Gasteiger partial charge < -0.3 is 19.5 Å². The number of hydrogen-bond donors (Lipinski definition) is 1. The first-order valence-corrected chi connectivity index (χ1v) is 7.87. The van der Waals surface area contributed by atoms with Crippen LogP contribution in [0, 0.1) is 5.92 Å². The highest BCUT2D eigenvalue weighted by Crippen LogP contribution is 2.32. The predicted octanol–water partition coefficient (Wildman–Crippen LogP) is 2.38. The van der Waals surface area contributed by atoms with Crippen molar-refractivity contribution in [3.63, 3.8) is 0 Å². The summed E-state index contributed by atoms with van der Waals surface area (Å²) in [7, 11) is 3.21. The van der Waals surface area contributed by atoms with Crippen LogP contribution in [0.15, 0.2) is 30.9 Å². The molecular weight excluding hydrogens is 294 g/mol. The van der Waals surface area contributed by atoms with Crippen LogP contribution in [0.25, 0.3) is 0 Å². The average Bonchev–Trinajstić information content (AvgIpc) is 3.07. The lowest BCUT2D eigenvalue weighted by atomic mass is 10.1. The van der Waals surface area contributed by atoms with Crippen LogP contribution >= 0.6 is 0 Å². The monoisotopic (exact) mass is 319 g/mol. The number of amides is 1. The van der Waals surface area contributed by atoms with Gasteiger partial charge in [-0.15, -0.1) is 0 Å². The number of ether oxygens (including phenoxy) is 2.